The van der Waals surface area contributed by atoms with Crippen LogP contribution in [0.5, 0.6) is 0 Å². The van der Waals surface area contributed by atoms with Gasteiger partial charge in [0.25, 0.3) is 5.91 Å². The van der Waals surface area contributed by atoms with Crippen LogP contribution in [0.2, 0.25) is 0 Å². The Morgan fingerprint density at radius 2 is 1.91 bits per heavy atom. The SMILES string of the molecule is CC(C)c1ccc(C(=O)NCc2cnn(CC(F)(F)F)c2)cc1. The van der Waals surface area contributed by atoms with Crippen molar-refractivity contribution in [1.29, 1.82) is 0 Å². The summed E-state index contributed by atoms with van der Waals surface area (Å²) in [5.74, 6) is 0.107. The van der Waals surface area contributed by atoms with Crippen LogP contribution in [0.1, 0.15) is 41.3 Å². The van der Waals surface area contributed by atoms with Gasteiger partial charge in [-0.15, -0.1) is 0 Å². The molecule has 2 aromatic rings. The Bertz CT molecular complexity index is 660. The fraction of sp³-hybridized carbons (Fsp3) is 0.375. The maximum Gasteiger partial charge on any atom is 0.408 e. The van der Waals surface area contributed by atoms with Crippen LogP contribution >= 0.6 is 0 Å². The zero-order chi connectivity index (χ0) is 17.0. The lowest BCUT2D eigenvalue weighted by molar-refractivity contribution is -0.142. The zero-order valence-corrected chi connectivity index (χ0v) is 12.9. The van der Waals surface area contributed by atoms with Crippen molar-refractivity contribution in [3.05, 3.63) is 53.3 Å². The molecule has 0 aliphatic rings. The Labute approximate surface area is 132 Å². The van der Waals surface area contributed by atoms with Gasteiger partial charge >= 0.3 is 6.18 Å². The summed E-state index contributed by atoms with van der Waals surface area (Å²) in [5, 5.41) is 6.30. The number of carbonyl (C=O) groups excluding carboxylic acids is 1. The standard InChI is InChI=1S/C16H18F3N3O/c1-11(2)13-3-5-14(6-4-13)15(23)20-7-12-8-21-22(9-12)10-16(17,18)19/h3-6,8-9,11H,7,10H2,1-2H3,(H,20,23). The number of halogens is 3. The van der Waals surface area contributed by atoms with E-state index in [4.69, 9.17) is 0 Å². The molecule has 0 saturated heterocycles. The molecule has 1 heterocycles. The summed E-state index contributed by atoms with van der Waals surface area (Å²) in [4.78, 5) is 12.0. The van der Waals surface area contributed by atoms with Crippen LogP contribution in [-0.4, -0.2) is 21.9 Å². The van der Waals surface area contributed by atoms with Crippen LogP contribution in [0, 0.1) is 0 Å². The monoisotopic (exact) mass is 325 g/mol. The molecule has 0 spiro atoms. The quantitative estimate of drug-likeness (QED) is 0.914. The van der Waals surface area contributed by atoms with Crippen LogP contribution < -0.4 is 5.32 Å². The van der Waals surface area contributed by atoms with Gasteiger partial charge in [0.2, 0.25) is 0 Å². The van der Waals surface area contributed by atoms with Crippen molar-refractivity contribution in [2.75, 3.05) is 0 Å². The van der Waals surface area contributed by atoms with Crippen LogP contribution in [0.15, 0.2) is 36.7 Å². The van der Waals surface area contributed by atoms with E-state index in [1.165, 1.54) is 12.4 Å². The maximum absolute atomic E-state index is 12.2. The number of rotatable bonds is 5. The highest BCUT2D eigenvalue weighted by atomic mass is 19.4. The molecule has 1 aromatic carbocycles. The molecule has 0 radical (unpaired) electrons. The molecule has 2 rings (SSSR count). The Kier molecular flexibility index (Phi) is 5.08. The Morgan fingerprint density at radius 1 is 1.26 bits per heavy atom. The molecule has 7 heteroatoms. The molecule has 0 atom stereocenters. The smallest absolute Gasteiger partial charge is 0.348 e. The lowest BCUT2D eigenvalue weighted by Crippen LogP contribution is -2.22. The molecule has 23 heavy (non-hydrogen) atoms. The second-order valence-electron chi connectivity index (χ2n) is 5.62. The van der Waals surface area contributed by atoms with Crippen LogP contribution in [0.3, 0.4) is 0 Å². The van der Waals surface area contributed by atoms with Crippen molar-refractivity contribution >= 4 is 5.91 Å². The Morgan fingerprint density at radius 3 is 2.48 bits per heavy atom. The van der Waals surface area contributed by atoms with Crippen molar-refractivity contribution in [1.82, 2.24) is 15.1 Å². The molecule has 0 aliphatic carbocycles. The first-order chi connectivity index (χ1) is 10.7. The largest absolute Gasteiger partial charge is 0.408 e. The third kappa shape index (κ3) is 5.12. The number of amides is 1. The fourth-order valence-corrected chi connectivity index (χ4v) is 2.07. The number of nitrogens with zero attached hydrogens (tertiary/aromatic N) is 2. The molecule has 1 N–H and O–H groups in total. The second-order valence-corrected chi connectivity index (χ2v) is 5.62. The van der Waals surface area contributed by atoms with Crippen LogP contribution in [0.4, 0.5) is 13.2 Å². The van der Waals surface area contributed by atoms with Crippen molar-refractivity contribution in [3.8, 4) is 0 Å². The number of hydrogen-bond donors (Lipinski definition) is 1. The summed E-state index contributed by atoms with van der Waals surface area (Å²) in [5.41, 5.74) is 2.16. The normalized spacial score (nSPS) is 11.7. The van der Waals surface area contributed by atoms with E-state index in [1.807, 2.05) is 12.1 Å². The van der Waals surface area contributed by atoms with Gasteiger partial charge < -0.3 is 5.32 Å². The maximum atomic E-state index is 12.2. The first kappa shape index (κ1) is 17.1. The van der Waals surface area contributed by atoms with Gasteiger partial charge in [0.05, 0.1) is 6.20 Å². The molecule has 0 bridgehead atoms. The molecule has 0 saturated carbocycles. The van der Waals surface area contributed by atoms with E-state index in [2.05, 4.69) is 24.3 Å². The van der Waals surface area contributed by atoms with E-state index in [0.29, 0.717) is 17.0 Å². The summed E-state index contributed by atoms with van der Waals surface area (Å²) in [6, 6.07) is 7.25. The predicted octanol–water partition coefficient (Wildman–Crippen LogP) is 3.50. The number of benzene rings is 1. The van der Waals surface area contributed by atoms with Crippen LogP contribution in [-0.2, 0) is 13.1 Å². The Balaban J connectivity index is 1.91. The number of carbonyl (C=O) groups is 1. The first-order valence-corrected chi connectivity index (χ1v) is 7.21. The summed E-state index contributed by atoms with van der Waals surface area (Å²) >= 11 is 0. The molecule has 4 nitrogen and oxygen atoms in total. The lowest BCUT2D eigenvalue weighted by Gasteiger charge is -2.07. The first-order valence-electron chi connectivity index (χ1n) is 7.21. The fourth-order valence-electron chi connectivity index (χ4n) is 2.07. The Hall–Kier alpha value is -2.31. The van der Waals surface area contributed by atoms with E-state index in [9.17, 15) is 18.0 Å². The van der Waals surface area contributed by atoms with Crippen LogP contribution in [0.25, 0.3) is 0 Å². The van der Waals surface area contributed by atoms with E-state index in [-0.39, 0.29) is 12.5 Å². The minimum Gasteiger partial charge on any atom is -0.348 e. The van der Waals surface area contributed by atoms with Gasteiger partial charge in [-0.25, -0.2) is 0 Å². The third-order valence-corrected chi connectivity index (χ3v) is 3.32. The molecule has 124 valence electrons. The minimum absolute atomic E-state index is 0.128. The second kappa shape index (κ2) is 6.85. The topological polar surface area (TPSA) is 46.9 Å². The summed E-state index contributed by atoms with van der Waals surface area (Å²) in [6.07, 6.45) is -1.73. The number of hydrogen-bond acceptors (Lipinski definition) is 2. The molecule has 1 amide bonds. The van der Waals surface area contributed by atoms with E-state index in [1.54, 1.807) is 12.1 Å². The molecular formula is C16H18F3N3O. The summed E-state index contributed by atoms with van der Waals surface area (Å²) in [7, 11) is 0. The number of nitrogens with one attached hydrogen (secondary N) is 1. The molecule has 0 fully saturated rings. The summed E-state index contributed by atoms with van der Waals surface area (Å²) in [6.45, 7) is 3.11. The minimum atomic E-state index is -4.31. The molecule has 0 unspecified atom stereocenters. The molecule has 1 aromatic heterocycles. The van der Waals surface area contributed by atoms with Gasteiger partial charge in [0, 0.05) is 23.9 Å². The third-order valence-electron chi connectivity index (χ3n) is 3.32. The zero-order valence-electron chi connectivity index (χ0n) is 12.9. The molecule has 0 aliphatic heterocycles. The van der Waals surface area contributed by atoms with Crippen molar-refractivity contribution < 1.29 is 18.0 Å². The van der Waals surface area contributed by atoms with Crippen molar-refractivity contribution in [2.24, 2.45) is 0 Å². The summed E-state index contributed by atoms with van der Waals surface area (Å²) < 4.78 is 37.5. The van der Waals surface area contributed by atoms with Gasteiger partial charge in [-0.2, -0.15) is 18.3 Å². The van der Waals surface area contributed by atoms with E-state index < -0.39 is 12.7 Å². The lowest BCUT2D eigenvalue weighted by atomic mass is 10.0. The highest BCUT2D eigenvalue weighted by molar-refractivity contribution is 5.94. The number of aromatic nitrogens is 2. The van der Waals surface area contributed by atoms with Gasteiger partial charge in [0.1, 0.15) is 6.54 Å². The van der Waals surface area contributed by atoms with Gasteiger partial charge in [-0.1, -0.05) is 26.0 Å². The highest BCUT2D eigenvalue weighted by Crippen LogP contribution is 2.17. The number of alkyl halides is 3. The van der Waals surface area contributed by atoms with Crippen molar-refractivity contribution in [2.45, 2.75) is 39.0 Å². The average molecular weight is 325 g/mol. The van der Waals surface area contributed by atoms with Gasteiger partial charge in [-0.3, -0.25) is 9.48 Å². The highest BCUT2D eigenvalue weighted by Gasteiger charge is 2.28. The van der Waals surface area contributed by atoms with Crippen molar-refractivity contribution in [3.63, 3.8) is 0 Å². The van der Waals surface area contributed by atoms with Gasteiger partial charge in [-0.05, 0) is 23.6 Å². The van der Waals surface area contributed by atoms with Gasteiger partial charge in [0.15, 0.2) is 0 Å². The average Bonchev–Trinajstić information content (AvgIpc) is 2.90. The molecular weight excluding hydrogens is 307 g/mol. The van der Waals surface area contributed by atoms with E-state index >= 15 is 0 Å². The predicted molar refractivity (Wildman–Crippen MR) is 80.0 cm³/mol. The van der Waals surface area contributed by atoms with E-state index in [0.717, 1.165) is 10.2 Å².